The number of hydrogen-bond acceptors (Lipinski definition) is 6. The van der Waals surface area contributed by atoms with Gasteiger partial charge in [0.1, 0.15) is 11.9 Å². The van der Waals surface area contributed by atoms with Crippen LogP contribution in [0.4, 0.5) is 11.5 Å². The summed E-state index contributed by atoms with van der Waals surface area (Å²) in [4.78, 5) is 3.80. The number of rotatable bonds is 4. The van der Waals surface area contributed by atoms with Gasteiger partial charge < -0.3 is 27.0 Å². The average Bonchev–Trinajstić information content (AvgIpc) is 2.21. The molecule has 0 saturated heterocycles. The van der Waals surface area contributed by atoms with Gasteiger partial charge in [0.2, 0.25) is 0 Å². The summed E-state index contributed by atoms with van der Waals surface area (Å²) in [6.07, 6.45) is -0.525. The normalized spacial score (nSPS) is 14.9. The smallest absolute Gasteiger partial charge is 0.146 e. The zero-order chi connectivity index (χ0) is 11.4. The van der Waals surface area contributed by atoms with Crippen LogP contribution in [0.25, 0.3) is 0 Å². The minimum atomic E-state index is -1.02. The van der Waals surface area contributed by atoms with E-state index in [0.717, 1.165) is 0 Å². The van der Waals surface area contributed by atoms with E-state index in [0.29, 0.717) is 11.3 Å². The first-order chi connectivity index (χ1) is 7.06. The van der Waals surface area contributed by atoms with Gasteiger partial charge in [0, 0.05) is 18.3 Å². The molecule has 1 aromatic heterocycles. The Morgan fingerprint density at radius 3 is 2.67 bits per heavy atom. The van der Waals surface area contributed by atoms with E-state index in [-0.39, 0.29) is 12.4 Å². The third-order valence-corrected chi connectivity index (χ3v) is 2.09. The Labute approximate surface area is 87.9 Å². The van der Waals surface area contributed by atoms with Crippen LogP contribution in [0.3, 0.4) is 0 Å². The van der Waals surface area contributed by atoms with Crippen molar-refractivity contribution in [2.75, 3.05) is 25.1 Å². The zero-order valence-corrected chi connectivity index (χ0v) is 8.51. The Morgan fingerprint density at radius 1 is 1.47 bits per heavy atom. The molecule has 6 nitrogen and oxygen atoms in total. The lowest BCUT2D eigenvalue weighted by atomic mass is 10.1. The maximum Gasteiger partial charge on any atom is 0.146 e. The quantitative estimate of drug-likeness (QED) is 0.430. The number of nitrogen functional groups attached to an aromatic ring is 2. The number of likely N-dealkylation sites (N-methyl/N-ethyl adjacent to an activating group) is 1. The summed E-state index contributed by atoms with van der Waals surface area (Å²) in [5.74, 6) is 0.217. The molecule has 0 fully saturated rings. The molecule has 2 atom stereocenters. The summed E-state index contributed by atoms with van der Waals surface area (Å²) in [5, 5.41) is 22.0. The van der Waals surface area contributed by atoms with Crippen LogP contribution in [0.5, 0.6) is 0 Å². The van der Waals surface area contributed by atoms with Crippen LogP contribution in [-0.4, -0.2) is 34.9 Å². The van der Waals surface area contributed by atoms with E-state index in [4.69, 9.17) is 11.5 Å². The van der Waals surface area contributed by atoms with Crippen LogP contribution < -0.4 is 16.8 Å². The summed E-state index contributed by atoms with van der Waals surface area (Å²) >= 11 is 0. The summed E-state index contributed by atoms with van der Waals surface area (Å²) in [6.45, 7) is 0.283. The predicted octanol–water partition coefficient (Wildman–Crippen LogP) is -1.14. The minimum Gasteiger partial charge on any atom is -0.396 e. The zero-order valence-electron chi connectivity index (χ0n) is 8.51. The average molecular weight is 212 g/mol. The number of nitrogens with one attached hydrogen (secondary N) is 1. The summed E-state index contributed by atoms with van der Waals surface area (Å²) in [5.41, 5.74) is 11.7. The first kappa shape index (κ1) is 11.7. The van der Waals surface area contributed by atoms with Crippen molar-refractivity contribution in [3.63, 3.8) is 0 Å². The van der Waals surface area contributed by atoms with Crippen LogP contribution in [-0.2, 0) is 0 Å². The van der Waals surface area contributed by atoms with Gasteiger partial charge in [0.25, 0.3) is 0 Å². The molecule has 84 valence electrons. The van der Waals surface area contributed by atoms with E-state index < -0.39 is 12.2 Å². The number of aliphatic hydroxyl groups excluding tert-OH is 2. The molecule has 0 aliphatic carbocycles. The fourth-order valence-corrected chi connectivity index (χ4v) is 1.21. The highest BCUT2D eigenvalue weighted by Crippen LogP contribution is 2.20. The molecule has 1 aromatic rings. The molecule has 0 aromatic carbocycles. The van der Waals surface area contributed by atoms with Crippen LogP contribution in [0, 0.1) is 0 Å². The van der Waals surface area contributed by atoms with Crippen molar-refractivity contribution in [2.45, 2.75) is 12.2 Å². The van der Waals surface area contributed by atoms with Crippen LogP contribution in [0.2, 0.25) is 0 Å². The van der Waals surface area contributed by atoms with E-state index in [1.165, 1.54) is 12.3 Å². The first-order valence-corrected chi connectivity index (χ1v) is 4.58. The monoisotopic (exact) mass is 212 g/mol. The van der Waals surface area contributed by atoms with Crippen LogP contribution in [0.15, 0.2) is 12.3 Å². The second kappa shape index (κ2) is 4.92. The third-order valence-electron chi connectivity index (χ3n) is 2.09. The molecule has 7 N–H and O–H groups in total. The molecule has 2 unspecified atom stereocenters. The van der Waals surface area contributed by atoms with Gasteiger partial charge in [-0.25, -0.2) is 4.98 Å². The highest BCUT2D eigenvalue weighted by Gasteiger charge is 2.18. The van der Waals surface area contributed by atoms with E-state index in [1.807, 2.05) is 0 Å². The van der Waals surface area contributed by atoms with Crippen LogP contribution in [0.1, 0.15) is 11.7 Å². The third kappa shape index (κ3) is 2.79. The Hall–Kier alpha value is -1.37. The fourth-order valence-electron chi connectivity index (χ4n) is 1.21. The molecule has 0 spiro atoms. The first-order valence-electron chi connectivity index (χ1n) is 4.58. The van der Waals surface area contributed by atoms with Gasteiger partial charge in [0.05, 0.1) is 11.8 Å². The van der Waals surface area contributed by atoms with Crippen LogP contribution >= 0.6 is 0 Å². The van der Waals surface area contributed by atoms with E-state index in [2.05, 4.69) is 10.3 Å². The summed E-state index contributed by atoms with van der Waals surface area (Å²) in [7, 11) is 1.69. The SMILES string of the molecule is CNCC(O)C(O)c1cnc(N)c(N)c1. The maximum absolute atomic E-state index is 9.71. The Balaban J connectivity index is 2.81. The van der Waals surface area contributed by atoms with Gasteiger partial charge in [-0.2, -0.15) is 0 Å². The molecule has 0 saturated carbocycles. The van der Waals surface area contributed by atoms with Crippen molar-refractivity contribution in [1.29, 1.82) is 0 Å². The Bertz CT molecular complexity index is 332. The topological polar surface area (TPSA) is 117 Å². The standard InChI is InChI=1S/C9H16N4O2/c1-12-4-7(14)8(15)5-2-6(10)9(11)13-3-5/h2-3,7-8,12,14-15H,4,10H2,1H3,(H2,11,13). The molecule has 0 amide bonds. The van der Waals surface area contributed by atoms with Gasteiger partial charge in [-0.05, 0) is 13.1 Å². The number of anilines is 2. The lowest BCUT2D eigenvalue weighted by Crippen LogP contribution is -2.29. The number of nitrogens with zero attached hydrogens (tertiary/aromatic N) is 1. The largest absolute Gasteiger partial charge is 0.396 e. The van der Waals surface area contributed by atoms with E-state index in [9.17, 15) is 10.2 Å². The number of nitrogens with two attached hydrogens (primary N) is 2. The van der Waals surface area contributed by atoms with Gasteiger partial charge in [-0.3, -0.25) is 0 Å². The van der Waals surface area contributed by atoms with Gasteiger partial charge >= 0.3 is 0 Å². The number of pyridine rings is 1. The highest BCUT2D eigenvalue weighted by atomic mass is 16.3. The number of aromatic nitrogens is 1. The number of aliphatic hydroxyl groups is 2. The lowest BCUT2D eigenvalue weighted by Gasteiger charge is -2.17. The highest BCUT2D eigenvalue weighted by molar-refractivity contribution is 5.58. The van der Waals surface area contributed by atoms with E-state index >= 15 is 0 Å². The summed E-state index contributed by atoms with van der Waals surface area (Å²) in [6, 6.07) is 1.51. The lowest BCUT2D eigenvalue weighted by molar-refractivity contribution is 0.0201. The number of hydrogen-bond donors (Lipinski definition) is 5. The van der Waals surface area contributed by atoms with Crippen molar-refractivity contribution in [1.82, 2.24) is 10.3 Å². The van der Waals surface area contributed by atoms with Crippen molar-refractivity contribution in [2.24, 2.45) is 0 Å². The molecule has 0 bridgehead atoms. The molecular weight excluding hydrogens is 196 g/mol. The minimum absolute atomic E-state index is 0.217. The second-order valence-electron chi connectivity index (χ2n) is 3.31. The molecule has 0 radical (unpaired) electrons. The van der Waals surface area contributed by atoms with Gasteiger partial charge in [-0.15, -0.1) is 0 Å². The Kier molecular flexibility index (Phi) is 3.84. The molecule has 1 heterocycles. The fraction of sp³-hybridized carbons (Fsp3) is 0.444. The molecule has 15 heavy (non-hydrogen) atoms. The van der Waals surface area contributed by atoms with Crippen molar-refractivity contribution >= 4 is 11.5 Å². The predicted molar refractivity (Wildman–Crippen MR) is 58.0 cm³/mol. The molecule has 0 aliphatic rings. The molecular formula is C9H16N4O2. The van der Waals surface area contributed by atoms with Gasteiger partial charge in [0.15, 0.2) is 0 Å². The summed E-state index contributed by atoms with van der Waals surface area (Å²) < 4.78 is 0. The van der Waals surface area contributed by atoms with Gasteiger partial charge in [-0.1, -0.05) is 0 Å². The molecule has 1 rings (SSSR count). The van der Waals surface area contributed by atoms with Crippen molar-refractivity contribution < 1.29 is 10.2 Å². The second-order valence-corrected chi connectivity index (χ2v) is 3.31. The molecule has 0 aliphatic heterocycles. The van der Waals surface area contributed by atoms with E-state index in [1.54, 1.807) is 7.05 Å². The maximum atomic E-state index is 9.71. The van der Waals surface area contributed by atoms with Crippen molar-refractivity contribution in [3.05, 3.63) is 17.8 Å². The Morgan fingerprint density at radius 2 is 2.13 bits per heavy atom. The molecule has 6 heteroatoms. The van der Waals surface area contributed by atoms with Crippen molar-refractivity contribution in [3.8, 4) is 0 Å².